The lowest BCUT2D eigenvalue weighted by Crippen LogP contribution is -2.34. The van der Waals surface area contributed by atoms with Crippen molar-refractivity contribution in [1.82, 2.24) is 10.0 Å². The zero-order valence-electron chi connectivity index (χ0n) is 11.4. The summed E-state index contributed by atoms with van der Waals surface area (Å²) >= 11 is 0. The highest BCUT2D eigenvalue weighted by molar-refractivity contribution is 7.89. The number of hydrogen-bond acceptors (Lipinski definition) is 4. The fourth-order valence-corrected chi connectivity index (χ4v) is 2.37. The topological polar surface area (TPSA) is 67.4 Å². The lowest BCUT2D eigenvalue weighted by atomic mass is 10.1. The van der Waals surface area contributed by atoms with Gasteiger partial charge in [-0.3, -0.25) is 0 Å². The first-order valence-electron chi connectivity index (χ1n) is 6.78. The lowest BCUT2D eigenvalue weighted by Gasteiger charge is -2.08. The molecule has 0 saturated heterocycles. The minimum Gasteiger partial charge on any atom is -0.380 e. The maximum absolute atomic E-state index is 11.6. The Bertz CT molecular complexity index is 313. The molecule has 5 nitrogen and oxygen atoms in total. The summed E-state index contributed by atoms with van der Waals surface area (Å²) < 4.78 is 31.0. The van der Waals surface area contributed by atoms with Crippen LogP contribution in [0.4, 0.5) is 0 Å². The minimum atomic E-state index is -3.15. The van der Waals surface area contributed by atoms with E-state index in [0.717, 1.165) is 6.42 Å². The summed E-state index contributed by atoms with van der Waals surface area (Å²) in [7, 11) is -3.15. The third-order valence-corrected chi connectivity index (χ3v) is 4.17. The zero-order chi connectivity index (χ0) is 13.4. The predicted octanol–water partition coefficient (Wildman–Crippen LogP) is 0.721. The van der Waals surface area contributed by atoms with Crippen LogP contribution in [0.25, 0.3) is 0 Å². The highest BCUT2D eigenvalue weighted by Gasteiger charge is 2.20. The third-order valence-electron chi connectivity index (χ3n) is 2.79. The average Bonchev–Trinajstić information content (AvgIpc) is 3.06. The van der Waals surface area contributed by atoms with Crippen LogP contribution >= 0.6 is 0 Å². The van der Waals surface area contributed by atoms with E-state index in [1.54, 1.807) is 0 Å². The van der Waals surface area contributed by atoms with Crippen LogP contribution < -0.4 is 10.0 Å². The summed E-state index contributed by atoms with van der Waals surface area (Å²) in [4.78, 5) is 0. The Morgan fingerprint density at radius 2 is 1.94 bits per heavy atom. The molecule has 1 aliphatic rings. The van der Waals surface area contributed by atoms with Crippen LogP contribution in [0.5, 0.6) is 0 Å². The van der Waals surface area contributed by atoms with Crippen LogP contribution in [0, 0.1) is 5.92 Å². The van der Waals surface area contributed by atoms with E-state index >= 15 is 0 Å². The Hall–Kier alpha value is -0.170. The number of sulfonamides is 1. The summed E-state index contributed by atoms with van der Waals surface area (Å²) in [6.45, 7) is 6.32. The molecule has 1 aliphatic carbocycles. The summed E-state index contributed by atoms with van der Waals surface area (Å²) in [5.74, 6) is 0.769. The Balaban J connectivity index is 1.94. The van der Waals surface area contributed by atoms with E-state index in [0.29, 0.717) is 38.3 Å². The van der Waals surface area contributed by atoms with Crippen molar-refractivity contribution in [3.05, 3.63) is 0 Å². The fraction of sp³-hybridized carbons (Fsp3) is 1.00. The Kier molecular flexibility index (Phi) is 7.14. The summed E-state index contributed by atoms with van der Waals surface area (Å²) in [6.07, 6.45) is 3.37. The van der Waals surface area contributed by atoms with Crippen LogP contribution in [-0.2, 0) is 14.8 Å². The largest absolute Gasteiger partial charge is 0.380 e. The van der Waals surface area contributed by atoms with E-state index in [-0.39, 0.29) is 5.75 Å². The molecule has 1 saturated carbocycles. The smallest absolute Gasteiger partial charge is 0.212 e. The molecule has 1 rings (SSSR count). The van der Waals surface area contributed by atoms with Crippen LogP contribution in [0.15, 0.2) is 0 Å². The fourth-order valence-electron chi connectivity index (χ4n) is 1.45. The molecule has 0 aromatic rings. The van der Waals surface area contributed by atoms with E-state index in [9.17, 15) is 8.42 Å². The minimum absolute atomic E-state index is 0.148. The first-order valence-corrected chi connectivity index (χ1v) is 8.43. The molecule has 2 N–H and O–H groups in total. The second-order valence-electron chi connectivity index (χ2n) is 5.24. The van der Waals surface area contributed by atoms with Crippen LogP contribution in [0.3, 0.4) is 0 Å². The Labute approximate surface area is 111 Å². The molecule has 1 fully saturated rings. The molecule has 18 heavy (non-hydrogen) atoms. The van der Waals surface area contributed by atoms with Gasteiger partial charge in [0, 0.05) is 25.7 Å². The normalized spacial score (nSPS) is 16.4. The molecule has 0 heterocycles. The molecule has 0 amide bonds. The van der Waals surface area contributed by atoms with Gasteiger partial charge in [0.1, 0.15) is 0 Å². The van der Waals surface area contributed by atoms with Crippen molar-refractivity contribution in [2.45, 2.75) is 39.2 Å². The van der Waals surface area contributed by atoms with Gasteiger partial charge in [0.2, 0.25) is 10.0 Å². The molecule has 0 unspecified atom stereocenters. The van der Waals surface area contributed by atoms with Crippen LogP contribution in [-0.4, -0.2) is 46.5 Å². The second-order valence-corrected chi connectivity index (χ2v) is 7.16. The van der Waals surface area contributed by atoms with Gasteiger partial charge in [0.05, 0.1) is 12.4 Å². The van der Waals surface area contributed by atoms with Crippen molar-refractivity contribution in [3.63, 3.8) is 0 Å². The maximum atomic E-state index is 11.6. The van der Waals surface area contributed by atoms with Crippen molar-refractivity contribution in [1.29, 1.82) is 0 Å². The van der Waals surface area contributed by atoms with Crippen molar-refractivity contribution in [2.24, 2.45) is 5.92 Å². The van der Waals surface area contributed by atoms with Crippen LogP contribution in [0.1, 0.15) is 33.1 Å². The monoisotopic (exact) mass is 278 g/mol. The van der Waals surface area contributed by atoms with Crippen LogP contribution in [0.2, 0.25) is 0 Å². The molecule has 0 spiro atoms. The van der Waals surface area contributed by atoms with E-state index < -0.39 is 10.0 Å². The highest BCUT2D eigenvalue weighted by Crippen LogP contribution is 2.17. The number of rotatable bonds is 11. The van der Waals surface area contributed by atoms with Gasteiger partial charge in [-0.05, 0) is 25.2 Å². The van der Waals surface area contributed by atoms with Gasteiger partial charge in [0.25, 0.3) is 0 Å². The standard InChI is InChI=1S/C12H26N2O3S/c1-11(2)5-8-17-9-6-14-18(15,16)10-7-13-12-3-4-12/h11-14H,3-10H2,1-2H3. The summed E-state index contributed by atoms with van der Waals surface area (Å²) in [5, 5.41) is 3.19. The molecule has 0 aromatic heterocycles. The predicted molar refractivity (Wildman–Crippen MR) is 73.1 cm³/mol. The molecule has 6 heteroatoms. The molecule has 0 atom stereocenters. The maximum Gasteiger partial charge on any atom is 0.212 e. The van der Waals surface area contributed by atoms with Gasteiger partial charge < -0.3 is 10.1 Å². The van der Waals surface area contributed by atoms with Crippen molar-refractivity contribution >= 4 is 10.0 Å². The second kappa shape index (κ2) is 8.09. The van der Waals surface area contributed by atoms with Crippen molar-refractivity contribution in [3.8, 4) is 0 Å². The number of nitrogens with one attached hydrogen (secondary N) is 2. The first kappa shape index (κ1) is 15.9. The molecular weight excluding hydrogens is 252 g/mol. The lowest BCUT2D eigenvalue weighted by molar-refractivity contribution is 0.128. The molecule has 0 radical (unpaired) electrons. The quantitative estimate of drug-likeness (QED) is 0.547. The van der Waals surface area contributed by atoms with Gasteiger partial charge in [-0.25, -0.2) is 13.1 Å². The Morgan fingerprint density at radius 1 is 1.22 bits per heavy atom. The van der Waals surface area contributed by atoms with Crippen molar-refractivity contribution in [2.75, 3.05) is 32.1 Å². The third kappa shape index (κ3) is 8.85. The number of hydrogen-bond donors (Lipinski definition) is 2. The van der Waals surface area contributed by atoms with E-state index in [4.69, 9.17) is 4.74 Å². The first-order chi connectivity index (χ1) is 8.49. The van der Waals surface area contributed by atoms with Gasteiger partial charge in [0.15, 0.2) is 0 Å². The zero-order valence-corrected chi connectivity index (χ0v) is 12.3. The molecule has 0 aliphatic heterocycles. The van der Waals surface area contributed by atoms with Crippen molar-refractivity contribution < 1.29 is 13.2 Å². The average molecular weight is 278 g/mol. The van der Waals surface area contributed by atoms with Gasteiger partial charge in [-0.15, -0.1) is 0 Å². The Morgan fingerprint density at radius 3 is 2.56 bits per heavy atom. The number of ether oxygens (including phenoxy) is 1. The van der Waals surface area contributed by atoms with E-state index in [2.05, 4.69) is 23.9 Å². The molecule has 0 aromatic carbocycles. The van der Waals surface area contributed by atoms with Gasteiger partial charge in [-0.2, -0.15) is 0 Å². The van der Waals surface area contributed by atoms with E-state index in [1.165, 1.54) is 12.8 Å². The van der Waals surface area contributed by atoms with E-state index in [1.807, 2.05) is 0 Å². The molecule has 108 valence electrons. The van der Waals surface area contributed by atoms with Gasteiger partial charge >= 0.3 is 0 Å². The molecule has 0 bridgehead atoms. The summed E-state index contributed by atoms with van der Waals surface area (Å²) in [5.41, 5.74) is 0. The SMILES string of the molecule is CC(C)CCOCCNS(=O)(=O)CCNC1CC1. The summed E-state index contributed by atoms with van der Waals surface area (Å²) in [6, 6.07) is 0.555. The van der Waals surface area contributed by atoms with Gasteiger partial charge in [-0.1, -0.05) is 13.8 Å². The highest BCUT2D eigenvalue weighted by atomic mass is 32.2. The molecular formula is C12H26N2O3S.